The smallest absolute Gasteiger partial charge is 0.338 e. The van der Waals surface area contributed by atoms with Crippen LogP contribution in [0.1, 0.15) is 33.2 Å². The molecule has 0 atom stereocenters. The molecule has 0 aliphatic carbocycles. The van der Waals surface area contributed by atoms with Gasteiger partial charge in [-0.15, -0.1) is 11.3 Å². The van der Waals surface area contributed by atoms with Crippen molar-refractivity contribution in [2.24, 2.45) is 0 Å². The Labute approximate surface area is 166 Å². The van der Waals surface area contributed by atoms with Crippen molar-refractivity contribution in [1.82, 2.24) is 4.98 Å². The molecule has 28 heavy (non-hydrogen) atoms. The van der Waals surface area contributed by atoms with Crippen molar-refractivity contribution in [3.05, 3.63) is 70.6 Å². The molecule has 3 rings (SSSR count). The van der Waals surface area contributed by atoms with Gasteiger partial charge < -0.3 is 4.74 Å². The van der Waals surface area contributed by atoms with Gasteiger partial charge in [0.2, 0.25) is 0 Å². The van der Waals surface area contributed by atoms with E-state index in [0.717, 1.165) is 17.7 Å². The highest BCUT2D eigenvalue weighted by molar-refractivity contribution is 7.14. The Kier molecular flexibility index (Phi) is 6.29. The molecular weight excluding hydrogens is 376 g/mol. The number of hydrogen-bond acceptors (Lipinski definition) is 6. The molecule has 1 N–H and O–H groups in total. The average molecular weight is 394 g/mol. The number of thiazole rings is 1. The van der Waals surface area contributed by atoms with Crippen molar-refractivity contribution < 1.29 is 19.1 Å². The van der Waals surface area contributed by atoms with Crippen LogP contribution >= 0.6 is 11.3 Å². The lowest BCUT2D eigenvalue weighted by Crippen LogP contribution is -2.20. The van der Waals surface area contributed by atoms with Crippen molar-refractivity contribution in [2.75, 3.05) is 11.9 Å². The van der Waals surface area contributed by atoms with Gasteiger partial charge in [0.15, 0.2) is 11.7 Å². The molecule has 0 aliphatic rings. The number of nitrogens with one attached hydrogen (secondary N) is 1. The number of carbonyl (C=O) groups is 3. The van der Waals surface area contributed by atoms with Crippen LogP contribution in [0.3, 0.4) is 0 Å². The van der Waals surface area contributed by atoms with Gasteiger partial charge in [-0.3, -0.25) is 14.9 Å². The van der Waals surface area contributed by atoms with Crippen LogP contribution in [0.15, 0.2) is 53.9 Å². The number of esters is 1. The summed E-state index contributed by atoms with van der Waals surface area (Å²) in [6.07, 6.45) is 1.65. The summed E-state index contributed by atoms with van der Waals surface area (Å²) in [5.74, 6) is -1.11. The lowest BCUT2D eigenvalue weighted by atomic mass is 10.1. The van der Waals surface area contributed by atoms with Crippen molar-refractivity contribution in [3.63, 3.8) is 0 Å². The Morgan fingerprint density at radius 1 is 1.11 bits per heavy atom. The van der Waals surface area contributed by atoms with Crippen LogP contribution in [0.4, 0.5) is 5.13 Å². The fourth-order valence-electron chi connectivity index (χ4n) is 2.44. The first kappa shape index (κ1) is 19.4. The maximum absolute atomic E-state index is 12.0. The standard InChI is InChI=1S/C21H18N2O4S/c1-2-14-3-7-16(8-4-14)18-13-28-21(22-18)23-19(25)12-27-20(26)17-9-5-15(11-24)6-10-17/h3-11,13H,2,12H2,1H3,(H,22,23,25). The van der Waals surface area contributed by atoms with Gasteiger partial charge in [-0.05, 0) is 24.1 Å². The van der Waals surface area contributed by atoms with Gasteiger partial charge in [-0.25, -0.2) is 9.78 Å². The van der Waals surface area contributed by atoms with E-state index < -0.39 is 18.5 Å². The van der Waals surface area contributed by atoms with E-state index in [2.05, 4.69) is 17.2 Å². The number of amides is 1. The number of anilines is 1. The Bertz CT molecular complexity index is 978. The normalized spacial score (nSPS) is 10.3. The molecule has 0 saturated heterocycles. The zero-order chi connectivity index (χ0) is 19.9. The van der Waals surface area contributed by atoms with E-state index in [-0.39, 0.29) is 5.56 Å². The molecule has 0 saturated carbocycles. The van der Waals surface area contributed by atoms with Crippen LogP contribution < -0.4 is 5.32 Å². The van der Waals surface area contributed by atoms with Gasteiger partial charge in [0.05, 0.1) is 11.3 Å². The molecule has 1 amide bonds. The van der Waals surface area contributed by atoms with Gasteiger partial charge in [-0.2, -0.15) is 0 Å². The molecule has 6 nitrogen and oxygen atoms in total. The molecule has 0 spiro atoms. The van der Waals surface area contributed by atoms with Gasteiger partial charge in [0.25, 0.3) is 5.91 Å². The quantitative estimate of drug-likeness (QED) is 0.484. The second-order valence-corrected chi connectivity index (χ2v) is 6.81. The molecule has 0 unspecified atom stereocenters. The first-order valence-corrected chi connectivity index (χ1v) is 9.54. The molecule has 3 aromatic rings. The van der Waals surface area contributed by atoms with Gasteiger partial charge >= 0.3 is 5.97 Å². The van der Waals surface area contributed by atoms with Crippen LogP contribution in [0.2, 0.25) is 0 Å². The zero-order valence-electron chi connectivity index (χ0n) is 15.2. The molecule has 0 radical (unpaired) electrons. The van der Waals surface area contributed by atoms with E-state index in [1.54, 1.807) is 0 Å². The molecule has 1 heterocycles. The number of rotatable bonds is 7. The van der Waals surface area contributed by atoms with Crippen LogP contribution in [0.25, 0.3) is 11.3 Å². The minimum atomic E-state index is -0.636. The summed E-state index contributed by atoms with van der Waals surface area (Å²) in [6, 6.07) is 14.1. The Morgan fingerprint density at radius 3 is 2.46 bits per heavy atom. The topological polar surface area (TPSA) is 85.4 Å². The van der Waals surface area contributed by atoms with Crippen LogP contribution in [0, 0.1) is 0 Å². The molecule has 0 aliphatic heterocycles. The van der Waals surface area contributed by atoms with Crippen LogP contribution in [0.5, 0.6) is 0 Å². The van der Waals surface area contributed by atoms with Crippen molar-refractivity contribution in [3.8, 4) is 11.3 Å². The molecular formula is C21H18N2O4S. The second kappa shape index (κ2) is 9.05. The predicted molar refractivity (Wildman–Crippen MR) is 108 cm³/mol. The Balaban J connectivity index is 1.53. The van der Waals surface area contributed by atoms with E-state index in [1.165, 1.54) is 41.2 Å². The highest BCUT2D eigenvalue weighted by Crippen LogP contribution is 2.25. The first-order chi connectivity index (χ1) is 13.6. The zero-order valence-corrected chi connectivity index (χ0v) is 16.0. The fourth-order valence-corrected chi connectivity index (χ4v) is 3.18. The third-order valence-corrected chi connectivity index (χ3v) is 4.78. The number of carbonyl (C=O) groups excluding carboxylic acids is 3. The predicted octanol–water partition coefficient (Wildman–Crippen LogP) is 3.98. The molecule has 7 heteroatoms. The number of hydrogen-bond donors (Lipinski definition) is 1. The molecule has 0 bridgehead atoms. The summed E-state index contributed by atoms with van der Waals surface area (Å²) < 4.78 is 4.99. The lowest BCUT2D eigenvalue weighted by molar-refractivity contribution is -0.119. The third-order valence-electron chi connectivity index (χ3n) is 4.03. The molecule has 2 aromatic carbocycles. The van der Waals surface area contributed by atoms with Crippen molar-refractivity contribution in [1.29, 1.82) is 0 Å². The number of nitrogens with zero attached hydrogens (tertiary/aromatic N) is 1. The minimum absolute atomic E-state index is 0.269. The number of aldehydes is 1. The first-order valence-electron chi connectivity index (χ1n) is 8.66. The number of benzene rings is 2. The summed E-state index contributed by atoms with van der Waals surface area (Å²) in [7, 11) is 0. The highest BCUT2D eigenvalue weighted by atomic mass is 32.1. The average Bonchev–Trinajstić information content (AvgIpc) is 3.20. The fraction of sp³-hybridized carbons (Fsp3) is 0.143. The second-order valence-electron chi connectivity index (χ2n) is 5.95. The summed E-state index contributed by atoms with van der Waals surface area (Å²) in [5, 5.41) is 4.92. The number of ether oxygens (including phenoxy) is 1. The third kappa shape index (κ3) is 4.89. The van der Waals surface area contributed by atoms with Gasteiger partial charge in [0.1, 0.15) is 6.29 Å². The summed E-state index contributed by atoms with van der Waals surface area (Å²) in [6.45, 7) is 1.67. The SMILES string of the molecule is CCc1ccc(-c2csc(NC(=O)COC(=O)c3ccc(C=O)cc3)n2)cc1. The summed E-state index contributed by atoms with van der Waals surface area (Å²) in [5.41, 5.74) is 3.72. The van der Waals surface area contributed by atoms with E-state index in [9.17, 15) is 14.4 Å². The lowest BCUT2D eigenvalue weighted by Gasteiger charge is -2.05. The monoisotopic (exact) mass is 394 g/mol. The largest absolute Gasteiger partial charge is 0.452 e. The molecule has 1 aromatic heterocycles. The van der Waals surface area contributed by atoms with Gasteiger partial charge in [-0.1, -0.05) is 43.3 Å². The maximum atomic E-state index is 12.0. The van der Waals surface area contributed by atoms with Crippen LogP contribution in [-0.4, -0.2) is 29.8 Å². The summed E-state index contributed by atoms with van der Waals surface area (Å²) in [4.78, 5) is 39.0. The number of aryl methyl sites for hydroxylation is 1. The highest BCUT2D eigenvalue weighted by Gasteiger charge is 2.12. The van der Waals surface area contributed by atoms with E-state index in [1.807, 2.05) is 29.6 Å². The molecule has 142 valence electrons. The van der Waals surface area contributed by atoms with Crippen LogP contribution in [-0.2, 0) is 16.0 Å². The Morgan fingerprint density at radius 2 is 1.82 bits per heavy atom. The minimum Gasteiger partial charge on any atom is -0.452 e. The van der Waals surface area contributed by atoms with Gasteiger partial charge in [0, 0.05) is 16.5 Å². The maximum Gasteiger partial charge on any atom is 0.338 e. The van der Waals surface area contributed by atoms with Crippen molar-refractivity contribution in [2.45, 2.75) is 13.3 Å². The van der Waals surface area contributed by atoms with E-state index in [4.69, 9.17) is 4.74 Å². The molecule has 0 fully saturated rings. The number of aromatic nitrogens is 1. The Hall–Kier alpha value is -3.32. The van der Waals surface area contributed by atoms with E-state index >= 15 is 0 Å². The van der Waals surface area contributed by atoms with Crippen molar-refractivity contribution >= 4 is 34.6 Å². The van der Waals surface area contributed by atoms with E-state index in [0.29, 0.717) is 17.0 Å². The summed E-state index contributed by atoms with van der Waals surface area (Å²) >= 11 is 1.30.